The van der Waals surface area contributed by atoms with Crippen molar-refractivity contribution in [1.29, 1.82) is 0 Å². The van der Waals surface area contributed by atoms with Crippen LogP contribution in [0.2, 0.25) is 0 Å². The van der Waals surface area contributed by atoms with Crippen LogP contribution < -0.4 is 10.1 Å². The molecule has 1 fully saturated rings. The van der Waals surface area contributed by atoms with E-state index in [1.54, 1.807) is 31.2 Å². The van der Waals surface area contributed by atoms with E-state index in [0.717, 1.165) is 24.5 Å². The Balaban J connectivity index is 1.90. The Morgan fingerprint density at radius 3 is 2.57 bits per heavy atom. The van der Waals surface area contributed by atoms with E-state index in [1.807, 2.05) is 6.07 Å². The molecule has 1 N–H and O–H groups in total. The van der Waals surface area contributed by atoms with Crippen LogP contribution in [0.5, 0.6) is 11.6 Å². The molecule has 1 unspecified atom stereocenters. The summed E-state index contributed by atoms with van der Waals surface area (Å²) in [4.78, 5) is 21.1. The van der Waals surface area contributed by atoms with Gasteiger partial charge in [-0.2, -0.15) is 4.98 Å². The molecule has 3 rings (SSSR count). The number of rotatable bonds is 7. The van der Waals surface area contributed by atoms with Crippen LogP contribution in [0.15, 0.2) is 48.0 Å². The molecule has 1 aliphatic rings. The number of para-hydroxylation sites is 1. The molecule has 9 heteroatoms. The minimum Gasteiger partial charge on any atom is -0.438 e. The molecular formula is C21H24FN3O4S. The third-order valence-corrected chi connectivity index (χ3v) is 5.38. The fraction of sp³-hybridized carbons (Fsp3) is 0.381. The second-order valence-electron chi connectivity index (χ2n) is 7.42. The summed E-state index contributed by atoms with van der Waals surface area (Å²) in [5.41, 5.74) is -1.60. The topological polar surface area (TPSA) is 98.2 Å². The molecule has 0 bridgehead atoms. The summed E-state index contributed by atoms with van der Waals surface area (Å²) in [7, 11) is -3.31. The molecule has 1 amide bonds. The number of nitrogens with zero attached hydrogens (tertiary/aromatic N) is 2. The number of halogens is 1. The first kappa shape index (κ1) is 21.9. The predicted molar refractivity (Wildman–Crippen MR) is 111 cm³/mol. The molecule has 1 saturated carbocycles. The first-order valence-corrected chi connectivity index (χ1v) is 11.6. The van der Waals surface area contributed by atoms with Crippen molar-refractivity contribution in [1.82, 2.24) is 15.3 Å². The molecule has 0 saturated heterocycles. The summed E-state index contributed by atoms with van der Waals surface area (Å²) in [6.07, 6.45) is 5.83. The smallest absolute Gasteiger partial charge is 0.258 e. The monoisotopic (exact) mass is 433 g/mol. The summed E-state index contributed by atoms with van der Waals surface area (Å²) in [5.74, 6) is -0.155. The van der Waals surface area contributed by atoms with Gasteiger partial charge in [0, 0.05) is 23.9 Å². The van der Waals surface area contributed by atoms with E-state index in [4.69, 9.17) is 4.74 Å². The molecule has 0 radical (unpaired) electrons. The Labute approximate surface area is 175 Å². The molecule has 1 aliphatic carbocycles. The molecule has 30 heavy (non-hydrogen) atoms. The van der Waals surface area contributed by atoms with Crippen LogP contribution in [0.3, 0.4) is 0 Å². The zero-order chi connectivity index (χ0) is 21.8. The van der Waals surface area contributed by atoms with Crippen molar-refractivity contribution in [2.75, 3.05) is 6.26 Å². The number of benzene rings is 1. The number of carbonyl (C=O) groups is 1. The third kappa shape index (κ3) is 5.63. The van der Waals surface area contributed by atoms with E-state index in [-0.39, 0.29) is 17.3 Å². The highest BCUT2D eigenvalue weighted by Gasteiger charge is 2.39. The number of amides is 1. The Morgan fingerprint density at radius 1 is 1.27 bits per heavy atom. The average Bonchev–Trinajstić information content (AvgIpc) is 3.14. The lowest BCUT2D eigenvalue weighted by molar-refractivity contribution is 0.0942. The number of carbonyl (C=O) groups excluding carboxylic acids is 1. The van der Waals surface area contributed by atoms with Gasteiger partial charge in [-0.3, -0.25) is 4.79 Å². The molecule has 1 heterocycles. The van der Waals surface area contributed by atoms with Crippen LogP contribution in [0.1, 0.15) is 48.8 Å². The molecule has 0 spiro atoms. The fourth-order valence-corrected chi connectivity index (χ4v) is 3.69. The van der Waals surface area contributed by atoms with Gasteiger partial charge in [0.2, 0.25) is 5.88 Å². The summed E-state index contributed by atoms with van der Waals surface area (Å²) < 4.78 is 43.5. The van der Waals surface area contributed by atoms with Gasteiger partial charge in [-0.1, -0.05) is 24.3 Å². The zero-order valence-corrected chi connectivity index (χ0v) is 17.7. The molecule has 2 aromatic rings. The van der Waals surface area contributed by atoms with E-state index < -0.39 is 27.5 Å². The molecule has 7 nitrogen and oxygen atoms in total. The number of aromatic nitrogens is 2. The van der Waals surface area contributed by atoms with E-state index in [1.165, 1.54) is 12.3 Å². The van der Waals surface area contributed by atoms with Gasteiger partial charge >= 0.3 is 0 Å². The van der Waals surface area contributed by atoms with Crippen molar-refractivity contribution in [2.24, 2.45) is 0 Å². The van der Waals surface area contributed by atoms with Gasteiger partial charge < -0.3 is 10.1 Å². The number of ether oxygens (including phenoxy) is 1. The fourth-order valence-electron chi connectivity index (χ4n) is 3.17. The van der Waals surface area contributed by atoms with Crippen LogP contribution in [0, 0.1) is 0 Å². The third-order valence-electron chi connectivity index (χ3n) is 4.73. The van der Waals surface area contributed by atoms with Gasteiger partial charge in [-0.15, -0.1) is 0 Å². The molecule has 1 atom stereocenters. The quantitative estimate of drug-likeness (QED) is 0.715. The summed E-state index contributed by atoms with van der Waals surface area (Å²) in [6.45, 7) is 1.63. The van der Waals surface area contributed by atoms with Crippen molar-refractivity contribution >= 4 is 15.7 Å². The Kier molecular flexibility index (Phi) is 6.50. The minimum atomic E-state index is -3.31. The van der Waals surface area contributed by atoms with Gasteiger partial charge in [0.25, 0.3) is 5.91 Å². The molecule has 1 aromatic carbocycles. The lowest BCUT2D eigenvalue weighted by atomic mass is 10.0. The Morgan fingerprint density at radius 2 is 1.93 bits per heavy atom. The predicted octanol–water partition coefficient (Wildman–Crippen LogP) is 3.68. The normalized spacial score (nSPS) is 17.0. The first-order chi connectivity index (χ1) is 14.2. The Bertz CT molecular complexity index is 1040. The van der Waals surface area contributed by atoms with Crippen LogP contribution in [0.4, 0.5) is 4.39 Å². The maximum Gasteiger partial charge on any atom is 0.258 e. The van der Waals surface area contributed by atoms with Gasteiger partial charge in [-0.25, -0.2) is 17.8 Å². The average molecular weight is 434 g/mol. The summed E-state index contributed by atoms with van der Waals surface area (Å²) in [5, 5.41) is 3.67. The van der Waals surface area contributed by atoms with Crippen LogP contribution >= 0.6 is 0 Å². The van der Waals surface area contributed by atoms with E-state index in [0.29, 0.717) is 18.6 Å². The largest absolute Gasteiger partial charge is 0.438 e. The van der Waals surface area contributed by atoms with E-state index in [2.05, 4.69) is 15.3 Å². The van der Waals surface area contributed by atoms with Crippen LogP contribution in [-0.2, 0) is 15.5 Å². The SMILES string of the molecule is CC(/C=C/S(C)(=O)=O)NC(=O)c1cnc(C2(F)CCCC2)nc1Oc1ccccc1. The number of sulfone groups is 1. The number of hydrogen-bond donors (Lipinski definition) is 1. The maximum atomic E-state index is 15.2. The molecular weight excluding hydrogens is 409 g/mol. The molecule has 1 aromatic heterocycles. The van der Waals surface area contributed by atoms with E-state index in [9.17, 15) is 13.2 Å². The van der Waals surface area contributed by atoms with Gasteiger partial charge in [0.15, 0.2) is 21.3 Å². The lowest BCUT2D eigenvalue weighted by Crippen LogP contribution is -2.32. The van der Waals surface area contributed by atoms with Crippen molar-refractivity contribution in [3.8, 4) is 11.6 Å². The second-order valence-corrected chi connectivity index (χ2v) is 9.35. The number of nitrogens with one attached hydrogen (secondary N) is 1. The summed E-state index contributed by atoms with van der Waals surface area (Å²) >= 11 is 0. The van der Waals surface area contributed by atoms with Gasteiger partial charge in [0.05, 0.1) is 0 Å². The number of hydrogen-bond acceptors (Lipinski definition) is 6. The zero-order valence-electron chi connectivity index (χ0n) is 16.8. The highest BCUT2D eigenvalue weighted by atomic mass is 32.2. The maximum absolute atomic E-state index is 15.2. The number of alkyl halides is 1. The summed E-state index contributed by atoms with van der Waals surface area (Å²) in [6, 6.07) is 8.17. The van der Waals surface area contributed by atoms with Crippen LogP contribution in [0.25, 0.3) is 0 Å². The highest BCUT2D eigenvalue weighted by molar-refractivity contribution is 7.93. The van der Waals surface area contributed by atoms with Gasteiger partial charge in [0.1, 0.15) is 11.3 Å². The second kappa shape index (κ2) is 8.91. The van der Waals surface area contributed by atoms with Crippen molar-refractivity contribution in [3.63, 3.8) is 0 Å². The van der Waals surface area contributed by atoms with Crippen LogP contribution in [-0.4, -0.2) is 36.6 Å². The van der Waals surface area contributed by atoms with Crippen molar-refractivity contribution in [3.05, 3.63) is 59.4 Å². The molecule has 160 valence electrons. The standard InChI is InChI=1S/C21H24FN3O4S/c1-15(10-13-30(2,27)28)24-18(26)17-14-23-20(21(22)11-6-7-12-21)25-19(17)29-16-8-4-3-5-9-16/h3-5,8-10,13-15H,6-7,11-12H2,1-2H3,(H,24,26)/b13-10+. The van der Waals surface area contributed by atoms with E-state index >= 15 is 4.39 Å². The minimum absolute atomic E-state index is 0.00695. The molecule has 0 aliphatic heterocycles. The lowest BCUT2D eigenvalue weighted by Gasteiger charge is -2.19. The van der Waals surface area contributed by atoms with Gasteiger partial charge in [-0.05, 0) is 44.7 Å². The highest BCUT2D eigenvalue weighted by Crippen LogP contribution is 2.41. The first-order valence-electron chi connectivity index (χ1n) is 9.65. The Hall–Kier alpha value is -2.81. The van der Waals surface area contributed by atoms with Crippen molar-refractivity contribution < 1.29 is 22.3 Å². The van der Waals surface area contributed by atoms with Crippen molar-refractivity contribution in [2.45, 2.75) is 44.3 Å².